The van der Waals surface area contributed by atoms with Crippen molar-refractivity contribution in [2.75, 3.05) is 5.88 Å². The van der Waals surface area contributed by atoms with Crippen LogP contribution in [0, 0.1) is 5.41 Å². The zero-order valence-electron chi connectivity index (χ0n) is 11.4. The highest BCUT2D eigenvalue weighted by molar-refractivity contribution is 6.18. The van der Waals surface area contributed by atoms with E-state index >= 15 is 0 Å². The Kier molecular flexibility index (Phi) is 6.04. The molecule has 0 amide bonds. The minimum atomic E-state index is 0.321. The van der Waals surface area contributed by atoms with Crippen LogP contribution in [-0.2, 0) is 13.5 Å². The smallest absolute Gasteiger partial charge is 0.0492 e. The molecule has 0 aliphatic heterocycles. The van der Waals surface area contributed by atoms with Crippen molar-refractivity contribution in [3.05, 3.63) is 18.0 Å². The van der Waals surface area contributed by atoms with Crippen LogP contribution in [0.2, 0.25) is 0 Å². The number of nitrogens with zero attached hydrogens (tertiary/aromatic N) is 2. The van der Waals surface area contributed by atoms with E-state index in [0.717, 1.165) is 12.3 Å². The monoisotopic (exact) mass is 256 g/mol. The third kappa shape index (κ3) is 4.02. The summed E-state index contributed by atoms with van der Waals surface area (Å²) in [5.74, 6) is 0.779. The van der Waals surface area contributed by atoms with Crippen LogP contribution >= 0.6 is 11.6 Å². The first-order valence-corrected chi connectivity index (χ1v) is 7.23. The maximum atomic E-state index is 6.22. The lowest BCUT2D eigenvalue weighted by Crippen LogP contribution is -2.23. The molecule has 1 heterocycles. The Morgan fingerprint density at radius 2 is 2.12 bits per heavy atom. The van der Waals surface area contributed by atoms with Crippen LogP contribution in [0.4, 0.5) is 0 Å². The number of rotatable bonds is 8. The van der Waals surface area contributed by atoms with E-state index in [1.54, 1.807) is 0 Å². The normalized spacial score (nSPS) is 14.8. The van der Waals surface area contributed by atoms with Crippen LogP contribution in [0.3, 0.4) is 0 Å². The highest BCUT2D eigenvalue weighted by atomic mass is 35.5. The summed E-state index contributed by atoms with van der Waals surface area (Å²) >= 11 is 6.22. The Hall–Kier alpha value is -0.500. The first kappa shape index (κ1) is 14.6. The summed E-state index contributed by atoms with van der Waals surface area (Å²) in [7, 11) is 2.01. The fourth-order valence-electron chi connectivity index (χ4n) is 2.30. The van der Waals surface area contributed by atoms with E-state index in [4.69, 9.17) is 11.6 Å². The first-order chi connectivity index (χ1) is 8.17. The molecule has 1 aromatic heterocycles. The predicted octanol–water partition coefficient (Wildman–Crippen LogP) is 4.18. The van der Waals surface area contributed by atoms with E-state index in [0.29, 0.717) is 5.41 Å². The highest BCUT2D eigenvalue weighted by Gasteiger charge is 2.26. The number of hydrogen-bond acceptors (Lipinski definition) is 1. The van der Waals surface area contributed by atoms with Crippen molar-refractivity contribution in [2.45, 2.75) is 52.4 Å². The molecule has 1 unspecified atom stereocenters. The Balaban J connectivity index is 2.57. The standard InChI is InChI=1S/C14H25ClN2/c1-4-6-9-14(5-2,12-15)10-7-13-8-11-16-17(13)3/h8,11H,4-7,9-10,12H2,1-3H3. The maximum Gasteiger partial charge on any atom is 0.0492 e. The average Bonchev–Trinajstić information content (AvgIpc) is 2.76. The molecule has 0 aliphatic rings. The van der Waals surface area contributed by atoms with Gasteiger partial charge in [-0.25, -0.2) is 0 Å². The van der Waals surface area contributed by atoms with Gasteiger partial charge >= 0.3 is 0 Å². The molecule has 2 nitrogen and oxygen atoms in total. The maximum absolute atomic E-state index is 6.22. The summed E-state index contributed by atoms with van der Waals surface area (Å²) in [6, 6.07) is 2.11. The molecule has 0 N–H and O–H groups in total. The summed E-state index contributed by atoms with van der Waals surface area (Å²) in [5, 5.41) is 4.21. The molecule has 0 aliphatic carbocycles. The van der Waals surface area contributed by atoms with Crippen LogP contribution in [0.15, 0.2) is 12.3 Å². The summed E-state index contributed by atoms with van der Waals surface area (Å²) in [6.07, 6.45) is 9.09. The van der Waals surface area contributed by atoms with Crippen molar-refractivity contribution in [3.63, 3.8) is 0 Å². The van der Waals surface area contributed by atoms with Gasteiger partial charge in [0.15, 0.2) is 0 Å². The number of alkyl halides is 1. The Morgan fingerprint density at radius 1 is 1.35 bits per heavy atom. The summed E-state index contributed by atoms with van der Waals surface area (Å²) in [4.78, 5) is 0. The lowest BCUT2D eigenvalue weighted by molar-refractivity contribution is 0.257. The summed E-state index contributed by atoms with van der Waals surface area (Å²) in [6.45, 7) is 4.51. The SMILES string of the molecule is CCCCC(CC)(CCl)CCc1ccnn1C. The molecule has 1 rings (SSSR count). The average molecular weight is 257 g/mol. The van der Waals surface area contributed by atoms with Gasteiger partial charge in [-0.3, -0.25) is 4.68 Å². The van der Waals surface area contributed by atoms with E-state index in [-0.39, 0.29) is 0 Å². The van der Waals surface area contributed by atoms with Gasteiger partial charge in [-0.05, 0) is 37.2 Å². The summed E-state index contributed by atoms with van der Waals surface area (Å²) in [5.41, 5.74) is 1.63. The van der Waals surface area contributed by atoms with Crippen LogP contribution in [0.25, 0.3) is 0 Å². The zero-order chi connectivity index (χ0) is 12.7. The fraction of sp³-hybridized carbons (Fsp3) is 0.786. The van der Waals surface area contributed by atoms with Crippen molar-refractivity contribution in [1.29, 1.82) is 0 Å². The van der Waals surface area contributed by atoms with Gasteiger partial charge in [-0.15, -0.1) is 11.6 Å². The van der Waals surface area contributed by atoms with Crippen LogP contribution < -0.4 is 0 Å². The van der Waals surface area contributed by atoms with Crippen LogP contribution in [-0.4, -0.2) is 15.7 Å². The second kappa shape index (κ2) is 7.05. The molecule has 0 radical (unpaired) electrons. The van der Waals surface area contributed by atoms with Crippen molar-refractivity contribution < 1.29 is 0 Å². The lowest BCUT2D eigenvalue weighted by Gasteiger charge is -2.30. The molecule has 98 valence electrons. The third-order valence-electron chi connectivity index (χ3n) is 3.93. The molecular weight excluding hydrogens is 232 g/mol. The minimum absolute atomic E-state index is 0.321. The van der Waals surface area contributed by atoms with Crippen molar-refractivity contribution >= 4 is 11.6 Å². The van der Waals surface area contributed by atoms with E-state index in [1.807, 2.05) is 17.9 Å². The van der Waals surface area contributed by atoms with E-state index < -0.39 is 0 Å². The quantitative estimate of drug-likeness (QED) is 0.638. The predicted molar refractivity (Wildman–Crippen MR) is 74.5 cm³/mol. The number of aryl methyl sites for hydroxylation is 2. The van der Waals surface area contributed by atoms with Crippen LogP contribution in [0.1, 0.15) is 51.6 Å². The second-order valence-corrected chi connectivity index (χ2v) is 5.30. The molecule has 0 aromatic carbocycles. The summed E-state index contributed by atoms with van der Waals surface area (Å²) < 4.78 is 1.97. The topological polar surface area (TPSA) is 17.8 Å². The van der Waals surface area contributed by atoms with Gasteiger partial charge in [0.2, 0.25) is 0 Å². The van der Waals surface area contributed by atoms with Crippen molar-refractivity contribution in [3.8, 4) is 0 Å². The number of aromatic nitrogens is 2. The molecule has 0 fully saturated rings. The number of halogens is 1. The van der Waals surface area contributed by atoms with E-state index in [9.17, 15) is 0 Å². The lowest BCUT2D eigenvalue weighted by atomic mass is 9.78. The van der Waals surface area contributed by atoms with Gasteiger partial charge in [0, 0.05) is 24.8 Å². The first-order valence-electron chi connectivity index (χ1n) is 6.70. The molecule has 1 aromatic rings. The Labute approximate surface area is 110 Å². The third-order valence-corrected chi connectivity index (χ3v) is 4.50. The molecule has 0 saturated carbocycles. The molecule has 17 heavy (non-hydrogen) atoms. The van der Waals surface area contributed by atoms with E-state index in [1.165, 1.54) is 37.8 Å². The molecular formula is C14H25ClN2. The van der Waals surface area contributed by atoms with Gasteiger partial charge in [0.05, 0.1) is 0 Å². The van der Waals surface area contributed by atoms with Gasteiger partial charge in [0.25, 0.3) is 0 Å². The molecule has 3 heteroatoms. The fourth-order valence-corrected chi connectivity index (χ4v) is 2.75. The van der Waals surface area contributed by atoms with Crippen molar-refractivity contribution in [1.82, 2.24) is 9.78 Å². The largest absolute Gasteiger partial charge is 0.273 e. The van der Waals surface area contributed by atoms with Gasteiger partial charge in [0.1, 0.15) is 0 Å². The molecule has 0 saturated heterocycles. The van der Waals surface area contributed by atoms with E-state index in [2.05, 4.69) is 25.0 Å². The zero-order valence-corrected chi connectivity index (χ0v) is 12.1. The Morgan fingerprint density at radius 3 is 2.59 bits per heavy atom. The number of hydrogen-bond donors (Lipinski definition) is 0. The highest BCUT2D eigenvalue weighted by Crippen LogP contribution is 2.35. The number of unbranched alkanes of at least 4 members (excludes halogenated alkanes) is 1. The molecule has 0 bridgehead atoms. The second-order valence-electron chi connectivity index (χ2n) is 5.04. The van der Waals surface area contributed by atoms with Crippen molar-refractivity contribution in [2.24, 2.45) is 12.5 Å². The minimum Gasteiger partial charge on any atom is -0.273 e. The molecule has 0 spiro atoms. The Bertz CT molecular complexity index is 316. The van der Waals surface area contributed by atoms with Crippen LogP contribution in [0.5, 0.6) is 0 Å². The van der Waals surface area contributed by atoms with Gasteiger partial charge in [-0.2, -0.15) is 5.10 Å². The van der Waals surface area contributed by atoms with Gasteiger partial charge in [-0.1, -0.05) is 26.7 Å². The molecule has 1 atom stereocenters. The van der Waals surface area contributed by atoms with Gasteiger partial charge < -0.3 is 0 Å².